The summed E-state index contributed by atoms with van der Waals surface area (Å²) in [6.45, 7) is 3.69. The third-order valence-electron chi connectivity index (χ3n) is 3.78. The number of halogens is 1. The molecule has 0 spiro atoms. The van der Waals surface area contributed by atoms with Gasteiger partial charge in [-0.1, -0.05) is 23.7 Å². The number of hydrogen-bond acceptors (Lipinski definition) is 2. The molecule has 2 amide bonds. The average Bonchev–Trinajstić information content (AvgIpc) is 2.42. The predicted octanol–water partition coefficient (Wildman–Crippen LogP) is 2.40. The van der Waals surface area contributed by atoms with E-state index < -0.39 is 0 Å². The third kappa shape index (κ3) is 4.39. The number of piperidine rings is 1. The zero-order chi connectivity index (χ0) is 14.5. The standard InChI is InChI=1S/C15H22ClN3O/c1-11(10-12-2-4-13(16)5-3-12)18-14-6-8-19(9-7-14)15(17)20/h2-5,11,14,18H,6-10H2,1H3,(H2,17,20). The van der Waals surface area contributed by atoms with Gasteiger partial charge in [-0.25, -0.2) is 4.79 Å². The van der Waals surface area contributed by atoms with E-state index in [1.165, 1.54) is 5.56 Å². The Kier molecular flexibility index (Phi) is 5.26. The molecule has 0 bridgehead atoms. The summed E-state index contributed by atoms with van der Waals surface area (Å²) >= 11 is 5.89. The van der Waals surface area contributed by atoms with Crippen molar-refractivity contribution in [3.05, 3.63) is 34.9 Å². The highest BCUT2D eigenvalue weighted by Gasteiger charge is 2.22. The fourth-order valence-corrected chi connectivity index (χ4v) is 2.83. The van der Waals surface area contributed by atoms with Crippen LogP contribution in [0.25, 0.3) is 0 Å². The van der Waals surface area contributed by atoms with Crippen LogP contribution in [0.4, 0.5) is 4.79 Å². The van der Waals surface area contributed by atoms with E-state index in [1.54, 1.807) is 4.90 Å². The molecule has 5 heteroatoms. The fourth-order valence-electron chi connectivity index (χ4n) is 2.70. The van der Waals surface area contributed by atoms with E-state index in [2.05, 4.69) is 24.4 Å². The topological polar surface area (TPSA) is 58.4 Å². The highest BCUT2D eigenvalue weighted by molar-refractivity contribution is 6.30. The molecule has 1 unspecified atom stereocenters. The number of nitrogens with one attached hydrogen (secondary N) is 1. The van der Waals surface area contributed by atoms with Crippen LogP contribution in [0.2, 0.25) is 5.02 Å². The number of carbonyl (C=O) groups is 1. The van der Waals surface area contributed by atoms with Crippen LogP contribution in [0.5, 0.6) is 0 Å². The molecule has 1 aromatic rings. The molecular formula is C15H22ClN3O. The maximum atomic E-state index is 11.1. The van der Waals surface area contributed by atoms with E-state index in [-0.39, 0.29) is 6.03 Å². The van der Waals surface area contributed by atoms with Crippen molar-refractivity contribution in [3.8, 4) is 0 Å². The van der Waals surface area contributed by atoms with E-state index in [0.29, 0.717) is 12.1 Å². The van der Waals surface area contributed by atoms with Gasteiger partial charge in [-0.05, 0) is 43.9 Å². The van der Waals surface area contributed by atoms with Crippen molar-refractivity contribution in [2.75, 3.05) is 13.1 Å². The van der Waals surface area contributed by atoms with Crippen LogP contribution in [-0.2, 0) is 6.42 Å². The Hall–Kier alpha value is -1.26. The summed E-state index contributed by atoms with van der Waals surface area (Å²) in [6, 6.07) is 8.54. The number of amides is 2. The van der Waals surface area contributed by atoms with Gasteiger partial charge in [0.25, 0.3) is 0 Å². The van der Waals surface area contributed by atoms with E-state index in [0.717, 1.165) is 37.4 Å². The largest absolute Gasteiger partial charge is 0.351 e. The lowest BCUT2D eigenvalue weighted by atomic mass is 10.0. The minimum absolute atomic E-state index is 0.308. The average molecular weight is 296 g/mol. The molecule has 0 aliphatic carbocycles. The summed E-state index contributed by atoms with van der Waals surface area (Å²) in [5, 5.41) is 4.40. The van der Waals surface area contributed by atoms with Crippen molar-refractivity contribution in [1.29, 1.82) is 0 Å². The molecule has 1 aliphatic rings. The Morgan fingerprint density at radius 2 is 2.00 bits per heavy atom. The molecule has 3 N–H and O–H groups in total. The monoisotopic (exact) mass is 295 g/mol. The van der Waals surface area contributed by atoms with Crippen molar-refractivity contribution in [2.24, 2.45) is 5.73 Å². The number of nitrogens with zero attached hydrogens (tertiary/aromatic N) is 1. The van der Waals surface area contributed by atoms with Crippen LogP contribution in [0.15, 0.2) is 24.3 Å². The summed E-state index contributed by atoms with van der Waals surface area (Å²) in [7, 11) is 0. The number of carbonyl (C=O) groups excluding carboxylic acids is 1. The van der Waals surface area contributed by atoms with Gasteiger partial charge in [0.2, 0.25) is 0 Å². The molecule has 1 aromatic carbocycles. The quantitative estimate of drug-likeness (QED) is 0.896. The second-order valence-corrected chi connectivity index (χ2v) is 5.93. The van der Waals surface area contributed by atoms with Crippen molar-refractivity contribution in [1.82, 2.24) is 10.2 Å². The maximum absolute atomic E-state index is 11.1. The van der Waals surface area contributed by atoms with Crippen LogP contribution < -0.4 is 11.1 Å². The summed E-state index contributed by atoms with van der Waals surface area (Å²) in [6.07, 6.45) is 2.91. The SMILES string of the molecule is CC(Cc1ccc(Cl)cc1)NC1CCN(C(N)=O)CC1. The molecular weight excluding hydrogens is 274 g/mol. The summed E-state index contributed by atoms with van der Waals surface area (Å²) in [4.78, 5) is 12.8. The van der Waals surface area contributed by atoms with Gasteiger partial charge >= 0.3 is 6.03 Å². The van der Waals surface area contributed by atoms with Gasteiger partial charge in [0.15, 0.2) is 0 Å². The number of rotatable bonds is 4. The first-order valence-electron chi connectivity index (χ1n) is 7.09. The first-order valence-corrected chi connectivity index (χ1v) is 7.47. The Morgan fingerprint density at radius 3 is 2.55 bits per heavy atom. The number of benzene rings is 1. The van der Waals surface area contributed by atoms with E-state index in [1.807, 2.05) is 12.1 Å². The summed E-state index contributed by atoms with van der Waals surface area (Å²) in [5.74, 6) is 0. The molecule has 1 aliphatic heterocycles. The Bertz CT molecular complexity index is 441. The Morgan fingerprint density at radius 1 is 1.40 bits per heavy atom. The maximum Gasteiger partial charge on any atom is 0.314 e. The lowest BCUT2D eigenvalue weighted by Crippen LogP contribution is -2.48. The minimum atomic E-state index is -0.308. The fraction of sp³-hybridized carbons (Fsp3) is 0.533. The lowest BCUT2D eigenvalue weighted by molar-refractivity contribution is 0.183. The molecule has 0 radical (unpaired) electrons. The number of nitrogens with two attached hydrogens (primary N) is 1. The molecule has 4 nitrogen and oxygen atoms in total. The smallest absolute Gasteiger partial charge is 0.314 e. The van der Waals surface area contributed by atoms with Crippen LogP contribution in [0.3, 0.4) is 0 Å². The molecule has 1 fully saturated rings. The van der Waals surface area contributed by atoms with Gasteiger partial charge < -0.3 is 16.0 Å². The van der Waals surface area contributed by atoms with E-state index >= 15 is 0 Å². The van der Waals surface area contributed by atoms with Gasteiger partial charge in [0.05, 0.1) is 0 Å². The van der Waals surface area contributed by atoms with Crippen LogP contribution >= 0.6 is 11.6 Å². The molecule has 1 heterocycles. The van der Waals surface area contributed by atoms with E-state index in [4.69, 9.17) is 17.3 Å². The summed E-state index contributed by atoms with van der Waals surface area (Å²) in [5.41, 5.74) is 6.57. The number of primary amides is 1. The first kappa shape index (κ1) is 15.1. The minimum Gasteiger partial charge on any atom is -0.351 e. The van der Waals surface area contributed by atoms with Gasteiger partial charge in [-0.3, -0.25) is 0 Å². The molecule has 110 valence electrons. The van der Waals surface area contributed by atoms with Crippen LogP contribution in [-0.4, -0.2) is 36.1 Å². The van der Waals surface area contributed by atoms with Gasteiger partial charge in [0.1, 0.15) is 0 Å². The molecule has 20 heavy (non-hydrogen) atoms. The summed E-state index contributed by atoms with van der Waals surface area (Å²) < 4.78 is 0. The van der Waals surface area contributed by atoms with Gasteiger partial charge in [0, 0.05) is 30.2 Å². The van der Waals surface area contributed by atoms with Crippen LogP contribution in [0.1, 0.15) is 25.3 Å². The van der Waals surface area contributed by atoms with Gasteiger partial charge in [-0.15, -0.1) is 0 Å². The highest BCUT2D eigenvalue weighted by Crippen LogP contribution is 2.14. The van der Waals surface area contributed by atoms with Crippen molar-refractivity contribution in [2.45, 2.75) is 38.3 Å². The molecule has 2 rings (SSSR count). The van der Waals surface area contributed by atoms with Crippen molar-refractivity contribution >= 4 is 17.6 Å². The molecule has 0 aromatic heterocycles. The number of hydrogen-bond donors (Lipinski definition) is 2. The zero-order valence-electron chi connectivity index (χ0n) is 11.8. The normalized spacial score (nSPS) is 18.0. The second-order valence-electron chi connectivity index (χ2n) is 5.50. The zero-order valence-corrected chi connectivity index (χ0v) is 12.6. The number of urea groups is 1. The molecule has 0 saturated carbocycles. The molecule has 1 saturated heterocycles. The van der Waals surface area contributed by atoms with Crippen molar-refractivity contribution < 1.29 is 4.79 Å². The van der Waals surface area contributed by atoms with Gasteiger partial charge in [-0.2, -0.15) is 0 Å². The third-order valence-corrected chi connectivity index (χ3v) is 4.03. The second kappa shape index (κ2) is 6.95. The van der Waals surface area contributed by atoms with E-state index in [9.17, 15) is 4.79 Å². The van der Waals surface area contributed by atoms with Crippen LogP contribution in [0, 0.1) is 0 Å². The lowest BCUT2D eigenvalue weighted by Gasteiger charge is -2.33. The predicted molar refractivity (Wildman–Crippen MR) is 81.9 cm³/mol. The first-order chi connectivity index (χ1) is 9.54. The Balaban J connectivity index is 1.76. The number of likely N-dealkylation sites (tertiary alicyclic amines) is 1. The highest BCUT2D eigenvalue weighted by atomic mass is 35.5. The Labute approximate surface area is 125 Å². The van der Waals surface area contributed by atoms with Crippen molar-refractivity contribution in [3.63, 3.8) is 0 Å². The molecule has 1 atom stereocenters.